The van der Waals surface area contributed by atoms with Crippen LogP contribution in [0.25, 0.3) is 11.3 Å². The molecule has 0 spiro atoms. The number of anilines is 1. The van der Waals surface area contributed by atoms with Crippen molar-refractivity contribution in [3.8, 4) is 17.0 Å². The minimum Gasteiger partial charge on any atom is -0.495 e. The zero-order chi connectivity index (χ0) is 10.7. The molecule has 0 saturated heterocycles. The van der Waals surface area contributed by atoms with Crippen LogP contribution in [0, 0.1) is 0 Å². The van der Waals surface area contributed by atoms with E-state index in [1.807, 2.05) is 6.07 Å². The van der Waals surface area contributed by atoms with E-state index in [1.54, 1.807) is 25.6 Å². The highest BCUT2D eigenvalue weighted by molar-refractivity contribution is 5.61. The second-order valence-electron chi connectivity index (χ2n) is 2.94. The molecule has 0 aliphatic rings. The Balaban J connectivity index is 2.44. The topological polar surface area (TPSA) is 73.9 Å². The van der Waals surface area contributed by atoms with Crippen LogP contribution in [-0.2, 0) is 0 Å². The normalized spacial score (nSPS) is 9.93. The number of methoxy groups -OCH3 is 1. The van der Waals surface area contributed by atoms with Gasteiger partial charge in [0.25, 0.3) is 0 Å². The first-order valence-corrected chi connectivity index (χ1v) is 4.36. The van der Waals surface area contributed by atoms with Crippen molar-refractivity contribution in [1.82, 2.24) is 15.0 Å². The van der Waals surface area contributed by atoms with Gasteiger partial charge < -0.3 is 10.5 Å². The third kappa shape index (κ3) is 2.01. The van der Waals surface area contributed by atoms with Crippen molar-refractivity contribution < 1.29 is 4.74 Å². The molecule has 0 amide bonds. The van der Waals surface area contributed by atoms with Crippen LogP contribution < -0.4 is 10.5 Å². The van der Waals surface area contributed by atoms with E-state index >= 15 is 0 Å². The van der Waals surface area contributed by atoms with Gasteiger partial charge >= 0.3 is 0 Å². The largest absolute Gasteiger partial charge is 0.495 e. The molecule has 2 aromatic heterocycles. The Bertz CT molecular complexity index is 472. The SMILES string of the molecule is COc1cncc(-c2cc(N)ncn2)c1. The van der Waals surface area contributed by atoms with Crippen molar-refractivity contribution in [2.75, 3.05) is 12.8 Å². The van der Waals surface area contributed by atoms with Crippen LogP contribution in [0.3, 0.4) is 0 Å². The number of rotatable bonds is 2. The van der Waals surface area contributed by atoms with Gasteiger partial charge in [-0.2, -0.15) is 0 Å². The van der Waals surface area contributed by atoms with Gasteiger partial charge in [-0.1, -0.05) is 0 Å². The first kappa shape index (κ1) is 9.39. The molecular weight excluding hydrogens is 192 g/mol. The van der Waals surface area contributed by atoms with Crippen LogP contribution >= 0.6 is 0 Å². The number of hydrogen-bond donors (Lipinski definition) is 1. The van der Waals surface area contributed by atoms with Crippen LogP contribution in [0.1, 0.15) is 0 Å². The molecule has 2 N–H and O–H groups in total. The number of aromatic nitrogens is 3. The van der Waals surface area contributed by atoms with E-state index in [-0.39, 0.29) is 0 Å². The molecule has 0 saturated carbocycles. The first-order valence-electron chi connectivity index (χ1n) is 4.36. The molecule has 76 valence electrons. The number of nitrogen functional groups attached to an aromatic ring is 1. The molecule has 2 rings (SSSR count). The summed E-state index contributed by atoms with van der Waals surface area (Å²) >= 11 is 0. The lowest BCUT2D eigenvalue weighted by Crippen LogP contribution is -1.93. The number of nitrogens with zero attached hydrogens (tertiary/aromatic N) is 3. The molecule has 0 atom stereocenters. The van der Waals surface area contributed by atoms with E-state index < -0.39 is 0 Å². The number of pyridine rings is 1. The number of nitrogens with two attached hydrogens (primary N) is 1. The molecule has 0 bridgehead atoms. The maximum Gasteiger partial charge on any atom is 0.137 e. The molecule has 5 nitrogen and oxygen atoms in total. The van der Waals surface area contributed by atoms with Gasteiger partial charge in [0, 0.05) is 17.8 Å². The van der Waals surface area contributed by atoms with E-state index in [9.17, 15) is 0 Å². The number of hydrogen-bond acceptors (Lipinski definition) is 5. The van der Waals surface area contributed by atoms with Crippen molar-refractivity contribution in [2.24, 2.45) is 0 Å². The Kier molecular flexibility index (Phi) is 2.45. The first-order chi connectivity index (χ1) is 7.29. The van der Waals surface area contributed by atoms with E-state index in [0.29, 0.717) is 11.6 Å². The summed E-state index contributed by atoms with van der Waals surface area (Å²) in [5.41, 5.74) is 7.14. The lowest BCUT2D eigenvalue weighted by molar-refractivity contribution is 0.413. The average Bonchev–Trinajstić information content (AvgIpc) is 2.29. The Morgan fingerprint density at radius 3 is 2.80 bits per heavy atom. The second-order valence-corrected chi connectivity index (χ2v) is 2.94. The Hall–Kier alpha value is -2.17. The molecule has 0 fully saturated rings. The molecule has 0 aromatic carbocycles. The zero-order valence-electron chi connectivity index (χ0n) is 8.21. The van der Waals surface area contributed by atoms with Gasteiger partial charge in [-0.3, -0.25) is 4.98 Å². The fraction of sp³-hybridized carbons (Fsp3) is 0.100. The van der Waals surface area contributed by atoms with Crippen molar-refractivity contribution in [1.29, 1.82) is 0 Å². The van der Waals surface area contributed by atoms with E-state index in [4.69, 9.17) is 10.5 Å². The second kappa shape index (κ2) is 3.91. The van der Waals surface area contributed by atoms with Crippen LogP contribution in [0.2, 0.25) is 0 Å². The molecule has 0 aliphatic carbocycles. The monoisotopic (exact) mass is 202 g/mol. The average molecular weight is 202 g/mol. The summed E-state index contributed by atoms with van der Waals surface area (Å²) < 4.78 is 5.07. The quantitative estimate of drug-likeness (QED) is 0.790. The molecule has 2 aromatic rings. The molecule has 2 heterocycles. The molecular formula is C10H10N4O. The van der Waals surface area contributed by atoms with Gasteiger partial charge in [-0.15, -0.1) is 0 Å². The highest BCUT2D eigenvalue weighted by atomic mass is 16.5. The lowest BCUT2D eigenvalue weighted by atomic mass is 10.2. The highest BCUT2D eigenvalue weighted by Crippen LogP contribution is 2.20. The van der Waals surface area contributed by atoms with Crippen LogP contribution in [0.15, 0.2) is 30.9 Å². The molecule has 0 radical (unpaired) electrons. The van der Waals surface area contributed by atoms with Crippen LogP contribution in [0.4, 0.5) is 5.82 Å². The summed E-state index contributed by atoms with van der Waals surface area (Å²) in [5, 5.41) is 0. The number of ether oxygens (including phenoxy) is 1. The lowest BCUT2D eigenvalue weighted by Gasteiger charge is -2.03. The third-order valence-corrected chi connectivity index (χ3v) is 1.93. The predicted molar refractivity (Wildman–Crippen MR) is 56.2 cm³/mol. The van der Waals surface area contributed by atoms with Gasteiger partial charge in [-0.05, 0) is 6.07 Å². The molecule has 15 heavy (non-hydrogen) atoms. The Labute approximate surface area is 87.0 Å². The Morgan fingerprint density at radius 1 is 1.20 bits per heavy atom. The summed E-state index contributed by atoms with van der Waals surface area (Å²) in [7, 11) is 1.59. The minimum absolute atomic E-state index is 0.433. The summed E-state index contributed by atoms with van der Waals surface area (Å²) in [4.78, 5) is 12.0. The summed E-state index contributed by atoms with van der Waals surface area (Å²) in [6.07, 6.45) is 4.75. The maximum absolute atomic E-state index is 5.56. The van der Waals surface area contributed by atoms with E-state index in [0.717, 1.165) is 11.3 Å². The van der Waals surface area contributed by atoms with E-state index in [1.165, 1.54) is 6.33 Å². The standard InChI is InChI=1S/C10H10N4O/c1-15-8-2-7(4-12-5-8)9-3-10(11)14-6-13-9/h2-6H,1H3,(H2,11,13,14). The van der Waals surface area contributed by atoms with Crippen molar-refractivity contribution in [3.05, 3.63) is 30.9 Å². The molecule has 0 unspecified atom stereocenters. The van der Waals surface area contributed by atoms with Gasteiger partial charge in [-0.25, -0.2) is 9.97 Å². The fourth-order valence-corrected chi connectivity index (χ4v) is 1.20. The van der Waals surface area contributed by atoms with Gasteiger partial charge in [0.15, 0.2) is 0 Å². The van der Waals surface area contributed by atoms with Crippen molar-refractivity contribution in [3.63, 3.8) is 0 Å². The fourth-order valence-electron chi connectivity index (χ4n) is 1.20. The summed E-state index contributed by atoms with van der Waals surface area (Å²) in [5.74, 6) is 1.12. The van der Waals surface area contributed by atoms with Crippen LogP contribution in [0.5, 0.6) is 5.75 Å². The van der Waals surface area contributed by atoms with Gasteiger partial charge in [0.05, 0.1) is 19.0 Å². The predicted octanol–water partition coefficient (Wildman–Crippen LogP) is 1.13. The van der Waals surface area contributed by atoms with Gasteiger partial charge in [0.1, 0.15) is 17.9 Å². The maximum atomic E-state index is 5.56. The minimum atomic E-state index is 0.433. The van der Waals surface area contributed by atoms with Crippen molar-refractivity contribution in [2.45, 2.75) is 0 Å². The summed E-state index contributed by atoms with van der Waals surface area (Å²) in [6.45, 7) is 0. The molecule has 0 aliphatic heterocycles. The zero-order valence-corrected chi connectivity index (χ0v) is 8.21. The highest BCUT2D eigenvalue weighted by Gasteiger charge is 2.02. The van der Waals surface area contributed by atoms with Crippen molar-refractivity contribution >= 4 is 5.82 Å². The van der Waals surface area contributed by atoms with Gasteiger partial charge in [0.2, 0.25) is 0 Å². The van der Waals surface area contributed by atoms with Crippen LogP contribution in [-0.4, -0.2) is 22.1 Å². The third-order valence-electron chi connectivity index (χ3n) is 1.93. The Morgan fingerprint density at radius 2 is 2.07 bits per heavy atom. The van der Waals surface area contributed by atoms with E-state index in [2.05, 4.69) is 15.0 Å². The molecule has 5 heteroatoms. The summed E-state index contributed by atoms with van der Waals surface area (Å²) in [6, 6.07) is 3.53. The smallest absolute Gasteiger partial charge is 0.137 e.